The number of aromatic nitrogens is 1. The largest absolute Gasteiger partial charge is 0.368 e. The Morgan fingerprint density at radius 3 is 2.48 bits per heavy atom. The number of benzene rings is 2. The summed E-state index contributed by atoms with van der Waals surface area (Å²) in [6, 6.07) is 10.3. The van der Waals surface area contributed by atoms with Crippen molar-refractivity contribution in [3.05, 3.63) is 75.3 Å². The third kappa shape index (κ3) is 3.39. The van der Waals surface area contributed by atoms with Gasteiger partial charge in [0.1, 0.15) is 11.4 Å². The lowest BCUT2D eigenvalue weighted by Crippen LogP contribution is -2.49. The molecule has 1 aliphatic rings. The Balaban J connectivity index is 1.58. The fourth-order valence-electron chi connectivity index (χ4n) is 4.02. The molecule has 5 nitrogen and oxygen atoms in total. The lowest BCUT2D eigenvalue weighted by Gasteiger charge is -2.37. The molecule has 1 fully saturated rings. The zero-order valence-electron chi connectivity index (χ0n) is 16.9. The van der Waals surface area contributed by atoms with E-state index in [1.165, 1.54) is 28.9 Å². The van der Waals surface area contributed by atoms with E-state index in [9.17, 15) is 14.0 Å². The van der Waals surface area contributed by atoms with Crippen molar-refractivity contribution in [1.82, 2.24) is 9.47 Å². The molecule has 2 heterocycles. The average Bonchev–Trinajstić information content (AvgIpc) is 2.72. The lowest BCUT2D eigenvalue weighted by molar-refractivity contribution is 0.0745. The number of rotatable bonds is 2. The fourth-order valence-corrected chi connectivity index (χ4v) is 4.02. The third-order valence-electron chi connectivity index (χ3n) is 5.86. The van der Waals surface area contributed by atoms with Gasteiger partial charge in [0, 0.05) is 50.5 Å². The number of pyridine rings is 1. The summed E-state index contributed by atoms with van der Waals surface area (Å²) in [7, 11) is 1.76. The molecule has 0 atom stereocenters. The number of piperazine rings is 1. The summed E-state index contributed by atoms with van der Waals surface area (Å²) >= 11 is 0. The van der Waals surface area contributed by atoms with Crippen molar-refractivity contribution in [3.8, 4) is 0 Å². The predicted octanol–water partition coefficient (Wildman–Crippen LogP) is 3.26. The van der Waals surface area contributed by atoms with Crippen LogP contribution in [-0.2, 0) is 7.05 Å². The third-order valence-corrected chi connectivity index (χ3v) is 5.86. The standard InChI is InChI=1S/C23H24FN3O2/c1-15-5-4-6-20(16(15)2)26-9-11-27(12-10-26)23(29)19-14-25(3)21-8-7-17(24)13-18(21)22(19)28/h4-8,13-14H,9-12H2,1-3H3. The van der Waals surface area contributed by atoms with E-state index in [1.807, 2.05) is 6.07 Å². The molecule has 0 spiro atoms. The fraction of sp³-hybridized carbons (Fsp3) is 0.304. The minimum absolute atomic E-state index is 0.0887. The van der Waals surface area contributed by atoms with Crippen molar-refractivity contribution in [2.45, 2.75) is 13.8 Å². The van der Waals surface area contributed by atoms with Crippen molar-refractivity contribution >= 4 is 22.5 Å². The highest BCUT2D eigenvalue weighted by atomic mass is 19.1. The van der Waals surface area contributed by atoms with Crippen molar-refractivity contribution in [2.75, 3.05) is 31.1 Å². The first-order valence-electron chi connectivity index (χ1n) is 9.76. The topological polar surface area (TPSA) is 45.5 Å². The summed E-state index contributed by atoms with van der Waals surface area (Å²) in [4.78, 5) is 29.9. The van der Waals surface area contributed by atoms with E-state index in [0.29, 0.717) is 31.7 Å². The number of hydrogen-bond donors (Lipinski definition) is 0. The molecule has 0 radical (unpaired) electrons. The minimum Gasteiger partial charge on any atom is -0.368 e. The van der Waals surface area contributed by atoms with Crippen LogP contribution in [0.15, 0.2) is 47.4 Å². The van der Waals surface area contributed by atoms with E-state index < -0.39 is 11.2 Å². The monoisotopic (exact) mass is 393 g/mol. The highest BCUT2D eigenvalue weighted by Crippen LogP contribution is 2.24. The van der Waals surface area contributed by atoms with E-state index in [4.69, 9.17) is 0 Å². The van der Waals surface area contributed by atoms with Crippen LogP contribution in [0, 0.1) is 19.7 Å². The summed E-state index contributed by atoms with van der Waals surface area (Å²) in [6.45, 7) is 6.70. The summed E-state index contributed by atoms with van der Waals surface area (Å²) in [6.07, 6.45) is 1.56. The molecule has 1 amide bonds. The first-order valence-corrected chi connectivity index (χ1v) is 9.76. The predicted molar refractivity (Wildman–Crippen MR) is 113 cm³/mol. The Morgan fingerprint density at radius 1 is 1.03 bits per heavy atom. The van der Waals surface area contributed by atoms with Gasteiger partial charge in [0.05, 0.1) is 5.52 Å². The van der Waals surface area contributed by atoms with E-state index in [2.05, 4.69) is 30.9 Å². The van der Waals surface area contributed by atoms with Crippen LogP contribution in [0.25, 0.3) is 10.9 Å². The van der Waals surface area contributed by atoms with Crippen LogP contribution >= 0.6 is 0 Å². The second kappa shape index (κ2) is 7.35. The van der Waals surface area contributed by atoms with Gasteiger partial charge in [-0.05, 0) is 49.2 Å². The maximum atomic E-state index is 13.7. The second-order valence-electron chi connectivity index (χ2n) is 7.64. The molecule has 0 aliphatic carbocycles. The molecule has 0 N–H and O–H groups in total. The Bertz CT molecular complexity index is 1160. The van der Waals surface area contributed by atoms with E-state index in [1.54, 1.807) is 28.8 Å². The first kappa shape index (κ1) is 19.2. The normalized spacial score (nSPS) is 14.5. The minimum atomic E-state index is -0.485. The Hall–Kier alpha value is -3.15. The molecule has 0 saturated carbocycles. The summed E-state index contributed by atoms with van der Waals surface area (Å²) in [5, 5.41) is 0.229. The van der Waals surface area contributed by atoms with Crippen molar-refractivity contribution in [3.63, 3.8) is 0 Å². The van der Waals surface area contributed by atoms with Gasteiger partial charge >= 0.3 is 0 Å². The molecular formula is C23H24FN3O2. The number of hydrogen-bond acceptors (Lipinski definition) is 3. The van der Waals surface area contributed by atoms with Gasteiger partial charge in [0.15, 0.2) is 0 Å². The molecule has 29 heavy (non-hydrogen) atoms. The number of aryl methyl sites for hydroxylation is 2. The first-order chi connectivity index (χ1) is 13.9. The zero-order chi connectivity index (χ0) is 20.7. The van der Waals surface area contributed by atoms with Gasteiger partial charge in [-0.25, -0.2) is 4.39 Å². The van der Waals surface area contributed by atoms with Gasteiger partial charge in [0.25, 0.3) is 5.91 Å². The highest BCUT2D eigenvalue weighted by molar-refractivity contribution is 5.97. The van der Waals surface area contributed by atoms with Gasteiger partial charge in [-0.1, -0.05) is 12.1 Å². The van der Waals surface area contributed by atoms with Crippen LogP contribution in [-0.4, -0.2) is 41.6 Å². The van der Waals surface area contributed by atoms with Crippen LogP contribution < -0.4 is 10.3 Å². The van der Waals surface area contributed by atoms with Crippen molar-refractivity contribution in [2.24, 2.45) is 7.05 Å². The van der Waals surface area contributed by atoms with Crippen LogP contribution in [0.2, 0.25) is 0 Å². The molecular weight excluding hydrogens is 369 g/mol. The second-order valence-corrected chi connectivity index (χ2v) is 7.64. The summed E-state index contributed by atoms with van der Waals surface area (Å²) < 4.78 is 15.4. The van der Waals surface area contributed by atoms with Crippen LogP contribution in [0.4, 0.5) is 10.1 Å². The van der Waals surface area contributed by atoms with E-state index in [-0.39, 0.29) is 16.9 Å². The lowest BCUT2D eigenvalue weighted by atomic mass is 10.1. The van der Waals surface area contributed by atoms with E-state index in [0.717, 1.165) is 0 Å². The average molecular weight is 393 g/mol. The van der Waals surface area contributed by atoms with Crippen LogP contribution in [0.3, 0.4) is 0 Å². The number of carbonyl (C=O) groups excluding carboxylic acids is 1. The number of amides is 1. The molecule has 150 valence electrons. The maximum Gasteiger partial charge on any atom is 0.259 e. The number of carbonyl (C=O) groups is 1. The Kier molecular flexibility index (Phi) is 4.86. The number of fused-ring (bicyclic) bond motifs is 1. The van der Waals surface area contributed by atoms with Gasteiger partial charge in [-0.2, -0.15) is 0 Å². The molecule has 3 aromatic rings. The molecule has 4 rings (SSSR count). The maximum absolute atomic E-state index is 13.7. The molecule has 6 heteroatoms. The van der Waals surface area contributed by atoms with Gasteiger partial charge in [0.2, 0.25) is 5.43 Å². The quantitative estimate of drug-likeness (QED) is 0.671. The molecule has 2 aromatic carbocycles. The van der Waals surface area contributed by atoms with E-state index >= 15 is 0 Å². The number of halogens is 1. The molecule has 1 aliphatic heterocycles. The zero-order valence-corrected chi connectivity index (χ0v) is 16.9. The number of anilines is 1. The summed E-state index contributed by atoms with van der Waals surface area (Å²) in [5.74, 6) is -0.779. The van der Waals surface area contributed by atoms with Crippen LogP contribution in [0.5, 0.6) is 0 Å². The van der Waals surface area contributed by atoms with Crippen molar-refractivity contribution < 1.29 is 9.18 Å². The molecule has 0 unspecified atom stereocenters. The van der Waals surface area contributed by atoms with Crippen LogP contribution in [0.1, 0.15) is 21.5 Å². The molecule has 0 bridgehead atoms. The number of nitrogens with zero attached hydrogens (tertiary/aromatic N) is 3. The molecule has 1 aromatic heterocycles. The SMILES string of the molecule is Cc1cccc(N2CCN(C(=O)c3cn(C)c4ccc(F)cc4c3=O)CC2)c1C. The Morgan fingerprint density at radius 2 is 1.76 bits per heavy atom. The summed E-state index contributed by atoms with van der Waals surface area (Å²) in [5.41, 5.74) is 3.96. The van der Waals surface area contributed by atoms with Gasteiger partial charge < -0.3 is 14.4 Å². The van der Waals surface area contributed by atoms with Crippen molar-refractivity contribution in [1.29, 1.82) is 0 Å². The highest BCUT2D eigenvalue weighted by Gasteiger charge is 2.25. The van der Waals surface area contributed by atoms with Gasteiger partial charge in [-0.15, -0.1) is 0 Å². The Labute approximate surface area is 169 Å². The molecule has 1 saturated heterocycles. The smallest absolute Gasteiger partial charge is 0.259 e. The van der Waals surface area contributed by atoms with Gasteiger partial charge in [-0.3, -0.25) is 9.59 Å².